The number of nitrogens with zero attached hydrogens (tertiary/aromatic N) is 1. The largest absolute Gasteiger partial charge is 0.378 e. The van der Waals surface area contributed by atoms with Gasteiger partial charge in [-0.2, -0.15) is 0 Å². The Labute approximate surface area is 159 Å². The van der Waals surface area contributed by atoms with E-state index >= 15 is 0 Å². The zero-order valence-corrected chi connectivity index (χ0v) is 15.8. The Morgan fingerprint density at radius 2 is 1.59 bits per heavy atom. The Kier molecular flexibility index (Phi) is 5.11. The summed E-state index contributed by atoms with van der Waals surface area (Å²) < 4.78 is 33.7. The Bertz CT molecular complexity index is 1040. The minimum absolute atomic E-state index is 0.253. The average molecular weight is 382 g/mol. The first-order valence-corrected chi connectivity index (χ1v) is 10.5. The summed E-state index contributed by atoms with van der Waals surface area (Å²) in [6.07, 6.45) is 0. The highest BCUT2D eigenvalue weighted by molar-refractivity contribution is 7.89. The fourth-order valence-electron chi connectivity index (χ4n) is 3.36. The van der Waals surface area contributed by atoms with Crippen molar-refractivity contribution in [3.8, 4) is 0 Å². The van der Waals surface area contributed by atoms with E-state index in [9.17, 15) is 8.42 Å². The molecule has 0 amide bonds. The highest BCUT2D eigenvalue weighted by Crippen LogP contribution is 2.23. The molecule has 3 aromatic rings. The lowest BCUT2D eigenvalue weighted by atomic mass is 10.1. The maximum absolute atomic E-state index is 12.8. The normalized spacial score (nSPS) is 15.2. The molecule has 0 spiro atoms. The molecule has 4 rings (SSSR count). The summed E-state index contributed by atoms with van der Waals surface area (Å²) in [4.78, 5) is 2.52. The van der Waals surface area contributed by atoms with E-state index < -0.39 is 10.0 Å². The van der Waals surface area contributed by atoms with E-state index in [-0.39, 0.29) is 11.4 Å². The van der Waals surface area contributed by atoms with Gasteiger partial charge < -0.3 is 9.64 Å². The highest BCUT2D eigenvalue weighted by Gasteiger charge is 2.18. The summed E-state index contributed by atoms with van der Waals surface area (Å²) in [7, 11) is -3.59. The molecular formula is C21H22N2O3S. The van der Waals surface area contributed by atoms with Crippen molar-refractivity contribution in [1.82, 2.24) is 4.72 Å². The number of anilines is 1. The molecule has 0 unspecified atom stereocenters. The topological polar surface area (TPSA) is 58.6 Å². The predicted octanol–water partition coefficient (Wildman–Crippen LogP) is 3.15. The lowest BCUT2D eigenvalue weighted by molar-refractivity contribution is 0.122. The SMILES string of the molecule is O=S(=O)(NCc1ccccc1N1CCOCC1)c1ccc2ccccc2c1. The van der Waals surface area contributed by atoms with E-state index in [4.69, 9.17) is 4.74 Å². The lowest BCUT2D eigenvalue weighted by Crippen LogP contribution is -2.37. The van der Waals surface area contributed by atoms with E-state index in [1.54, 1.807) is 12.1 Å². The van der Waals surface area contributed by atoms with Gasteiger partial charge in [-0.15, -0.1) is 0 Å². The monoisotopic (exact) mass is 382 g/mol. The molecule has 3 aromatic carbocycles. The summed E-state index contributed by atoms with van der Waals surface area (Å²) in [5, 5.41) is 1.93. The second-order valence-electron chi connectivity index (χ2n) is 6.56. The maximum atomic E-state index is 12.8. The van der Waals surface area contributed by atoms with Crippen molar-refractivity contribution in [3.63, 3.8) is 0 Å². The van der Waals surface area contributed by atoms with Gasteiger partial charge in [-0.3, -0.25) is 0 Å². The summed E-state index contributed by atoms with van der Waals surface area (Å²) in [6, 6.07) is 20.9. The van der Waals surface area contributed by atoms with Crippen molar-refractivity contribution in [2.75, 3.05) is 31.2 Å². The molecule has 0 radical (unpaired) electrons. The van der Waals surface area contributed by atoms with Crippen LogP contribution in [-0.2, 0) is 21.3 Å². The van der Waals surface area contributed by atoms with Gasteiger partial charge in [0.05, 0.1) is 18.1 Å². The number of sulfonamides is 1. The molecule has 0 atom stereocenters. The number of nitrogens with one attached hydrogen (secondary N) is 1. The molecule has 1 fully saturated rings. The van der Waals surface area contributed by atoms with Crippen LogP contribution in [-0.4, -0.2) is 34.7 Å². The van der Waals surface area contributed by atoms with E-state index in [2.05, 4.69) is 9.62 Å². The van der Waals surface area contributed by atoms with Gasteiger partial charge in [-0.05, 0) is 34.5 Å². The third-order valence-corrected chi connectivity index (χ3v) is 6.23. The standard InChI is InChI=1S/C21H22N2O3S/c24-27(25,20-10-9-17-5-1-2-6-18(17)15-20)22-16-19-7-3-4-8-21(19)23-11-13-26-14-12-23/h1-10,15,22H,11-14,16H2. The van der Waals surface area contributed by atoms with Crippen molar-refractivity contribution in [3.05, 3.63) is 72.3 Å². The van der Waals surface area contributed by atoms with Gasteiger partial charge in [0.15, 0.2) is 0 Å². The van der Waals surface area contributed by atoms with Crippen LogP contribution in [0, 0.1) is 0 Å². The molecule has 27 heavy (non-hydrogen) atoms. The van der Waals surface area contributed by atoms with E-state index in [0.29, 0.717) is 13.2 Å². The van der Waals surface area contributed by atoms with Crippen LogP contribution < -0.4 is 9.62 Å². The summed E-state index contributed by atoms with van der Waals surface area (Å²) in [6.45, 7) is 3.26. The molecule has 1 N–H and O–H groups in total. The van der Waals surface area contributed by atoms with Crippen molar-refractivity contribution >= 4 is 26.5 Å². The van der Waals surface area contributed by atoms with Gasteiger partial charge in [0.25, 0.3) is 0 Å². The van der Waals surface area contributed by atoms with Crippen molar-refractivity contribution in [1.29, 1.82) is 0 Å². The van der Waals surface area contributed by atoms with Gasteiger partial charge in [0.1, 0.15) is 0 Å². The molecule has 0 bridgehead atoms. The first-order chi connectivity index (χ1) is 13.1. The van der Waals surface area contributed by atoms with Crippen LogP contribution in [0.15, 0.2) is 71.6 Å². The first-order valence-electron chi connectivity index (χ1n) is 9.02. The van der Waals surface area contributed by atoms with Gasteiger partial charge in [-0.25, -0.2) is 13.1 Å². The van der Waals surface area contributed by atoms with E-state index in [1.165, 1.54) is 0 Å². The molecule has 1 aliphatic rings. The molecule has 1 heterocycles. The Balaban J connectivity index is 1.55. The number of ether oxygens (including phenoxy) is 1. The minimum atomic E-state index is -3.59. The molecule has 1 saturated heterocycles. The zero-order valence-electron chi connectivity index (χ0n) is 15.0. The molecule has 1 aliphatic heterocycles. The molecule has 0 aliphatic carbocycles. The number of fused-ring (bicyclic) bond motifs is 1. The van der Waals surface area contributed by atoms with Crippen LogP contribution in [0.4, 0.5) is 5.69 Å². The second kappa shape index (κ2) is 7.68. The summed E-state index contributed by atoms with van der Waals surface area (Å²) in [5.41, 5.74) is 2.02. The maximum Gasteiger partial charge on any atom is 0.240 e. The molecule has 0 aromatic heterocycles. The summed E-state index contributed by atoms with van der Waals surface area (Å²) >= 11 is 0. The number of hydrogen-bond acceptors (Lipinski definition) is 4. The van der Waals surface area contributed by atoms with Gasteiger partial charge in [0.2, 0.25) is 10.0 Å². The number of hydrogen-bond donors (Lipinski definition) is 1. The zero-order chi connectivity index (χ0) is 18.7. The van der Waals surface area contributed by atoms with Crippen LogP contribution in [0.2, 0.25) is 0 Å². The van der Waals surface area contributed by atoms with Crippen molar-refractivity contribution in [2.24, 2.45) is 0 Å². The van der Waals surface area contributed by atoms with Gasteiger partial charge in [-0.1, -0.05) is 48.5 Å². The molecule has 5 nitrogen and oxygen atoms in total. The minimum Gasteiger partial charge on any atom is -0.378 e. The molecular weight excluding hydrogens is 360 g/mol. The van der Waals surface area contributed by atoms with Crippen LogP contribution >= 0.6 is 0 Å². The van der Waals surface area contributed by atoms with Crippen LogP contribution in [0.25, 0.3) is 10.8 Å². The van der Waals surface area contributed by atoms with E-state index in [0.717, 1.165) is 35.1 Å². The van der Waals surface area contributed by atoms with Crippen LogP contribution in [0.3, 0.4) is 0 Å². The predicted molar refractivity (Wildman–Crippen MR) is 107 cm³/mol. The Morgan fingerprint density at radius 3 is 2.41 bits per heavy atom. The van der Waals surface area contributed by atoms with Gasteiger partial charge in [0, 0.05) is 25.3 Å². The highest BCUT2D eigenvalue weighted by atomic mass is 32.2. The van der Waals surface area contributed by atoms with E-state index in [1.807, 2.05) is 54.6 Å². The fourth-order valence-corrected chi connectivity index (χ4v) is 4.41. The fraction of sp³-hybridized carbons (Fsp3) is 0.238. The first kappa shape index (κ1) is 18.0. The van der Waals surface area contributed by atoms with Crippen LogP contribution in [0.5, 0.6) is 0 Å². The Hall–Kier alpha value is -2.41. The van der Waals surface area contributed by atoms with Gasteiger partial charge >= 0.3 is 0 Å². The Morgan fingerprint density at radius 1 is 0.889 bits per heavy atom. The average Bonchev–Trinajstić information content (AvgIpc) is 2.73. The number of benzene rings is 3. The third-order valence-electron chi connectivity index (χ3n) is 4.83. The third kappa shape index (κ3) is 3.98. The smallest absolute Gasteiger partial charge is 0.240 e. The second-order valence-corrected chi connectivity index (χ2v) is 8.33. The van der Waals surface area contributed by atoms with Crippen LogP contribution in [0.1, 0.15) is 5.56 Å². The molecule has 140 valence electrons. The number of rotatable bonds is 5. The number of para-hydroxylation sites is 1. The van der Waals surface area contributed by atoms with Crippen molar-refractivity contribution in [2.45, 2.75) is 11.4 Å². The lowest BCUT2D eigenvalue weighted by Gasteiger charge is -2.30. The summed E-state index contributed by atoms with van der Waals surface area (Å²) in [5.74, 6) is 0. The number of morpholine rings is 1. The quantitative estimate of drug-likeness (QED) is 0.736. The van der Waals surface area contributed by atoms with Crippen molar-refractivity contribution < 1.29 is 13.2 Å². The molecule has 6 heteroatoms. The molecule has 0 saturated carbocycles.